The number of halogens is 1. The zero-order valence-electron chi connectivity index (χ0n) is 12.4. The van der Waals surface area contributed by atoms with Crippen LogP contribution in [0, 0.1) is 0 Å². The van der Waals surface area contributed by atoms with E-state index >= 15 is 0 Å². The molecule has 1 aromatic carbocycles. The maximum absolute atomic E-state index is 14.6. The first kappa shape index (κ1) is 13.9. The Morgan fingerprint density at radius 2 is 2.09 bits per heavy atom. The highest BCUT2D eigenvalue weighted by atomic mass is 19.1. The fourth-order valence-corrected chi connectivity index (χ4v) is 2.78. The maximum Gasteiger partial charge on any atom is 0.280 e. The highest BCUT2D eigenvalue weighted by Crippen LogP contribution is 2.40. The number of nitrogens with two attached hydrogens (primary N) is 1. The van der Waals surface area contributed by atoms with Crippen LogP contribution in [0.25, 0.3) is 11.2 Å². The average molecular weight is 313 g/mol. The monoisotopic (exact) mass is 313 g/mol. The summed E-state index contributed by atoms with van der Waals surface area (Å²) in [6.45, 7) is 0. The predicted molar refractivity (Wildman–Crippen MR) is 84.8 cm³/mol. The molecule has 0 saturated heterocycles. The number of hydrogen-bond acceptors (Lipinski definition) is 4. The van der Waals surface area contributed by atoms with Gasteiger partial charge in [-0.2, -0.15) is 4.98 Å². The number of benzene rings is 1. The zero-order valence-corrected chi connectivity index (χ0v) is 12.4. The fourth-order valence-electron chi connectivity index (χ4n) is 2.78. The first-order valence-corrected chi connectivity index (χ1v) is 7.57. The van der Waals surface area contributed by atoms with Crippen LogP contribution < -0.4 is 11.3 Å². The zero-order chi connectivity index (χ0) is 16.0. The Labute approximate surface area is 131 Å². The van der Waals surface area contributed by atoms with Crippen molar-refractivity contribution >= 4 is 17.1 Å². The van der Waals surface area contributed by atoms with Crippen LogP contribution in [0.2, 0.25) is 0 Å². The van der Waals surface area contributed by atoms with Gasteiger partial charge in [-0.05, 0) is 29.9 Å². The van der Waals surface area contributed by atoms with Crippen molar-refractivity contribution in [3.8, 4) is 0 Å². The minimum absolute atomic E-state index is 0.0507. The molecule has 0 spiro atoms. The summed E-state index contributed by atoms with van der Waals surface area (Å²) in [6, 6.07) is 8.03. The molecule has 1 unspecified atom stereocenters. The molecule has 118 valence electrons. The molecule has 23 heavy (non-hydrogen) atoms. The van der Waals surface area contributed by atoms with Crippen molar-refractivity contribution < 1.29 is 4.39 Å². The molecule has 2 heterocycles. The summed E-state index contributed by atoms with van der Waals surface area (Å²) in [5.41, 5.74) is 7.52. The minimum atomic E-state index is -1.36. The summed E-state index contributed by atoms with van der Waals surface area (Å²) in [7, 11) is 0. The van der Waals surface area contributed by atoms with E-state index in [4.69, 9.17) is 5.73 Å². The average Bonchev–Trinajstić information content (AvgIpc) is 3.27. The topological polar surface area (TPSA) is 89.6 Å². The van der Waals surface area contributed by atoms with Crippen LogP contribution in [-0.4, -0.2) is 19.5 Å². The number of fused-ring (bicyclic) bond motifs is 1. The number of nitrogens with zero attached hydrogens (tertiary/aromatic N) is 3. The largest absolute Gasteiger partial charge is 0.369 e. The van der Waals surface area contributed by atoms with E-state index in [0.717, 1.165) is 5.56 Å². The molecular formula is C16H16FN5O. The number of alkyl halides is 1. The van der Waals surface area contributed by atoms with Crippen LogP contribution in [-0.2, 0) is 6.42 Å². The van der Waals surface area contributed by atoms with Gasteiger partial charge in [0.15, 0.2) is 17.5 Å². The molecular weight excluding hydrogens is 297 g/mol. The highest BCUT2D eigenvalue weighted by Gasteiger charge is 2.23. The van der Waals surface area contributed by atoms with Gasteiger partial charge in [0, 0.05) is 6.42 Å². The second kappa shape index (κ2) is 5.19. The van der Waals surface area contributed by atoms with Gasteiger partial charge >= 0.3 is 0 Å². The van der Waals surface area contributed by atoms with Crippen LogP contribution in [0.3, 0.4) is 0 Å². The van der Waals surface area contributed by atoms with Crippen molar-refractivity contribution in [3.05, 3.63) is 52.1 Å². The van der Waals surface area contributed by atoms with Crippen LogP contribution in [0.4, 0.5) is 10.3 Å². The lowest BCUT2D eigenvalue weighted by molar-refractivity contribution is 0.245. The summed E-state index contributed by atoms with van der Waals surface area (Å²) in [5, 5.41) is 0. The van der Waals surface area contributed by atoms with Gasteiger partial charge in [-0.25, -0.2) is 9.37 Å². The number of aromatic amines is 1. The predicted octanol–water partition coefficient (Wildman–Crippen LogP) is 2.29. The van der Waals surface area contributed by atoms with Gasteiger partial charge in [-0.3, -0.25) is 14.3 Å². The van der Waals surface area contributed by atoms with Crippen molar-refractivity contribution in [2.45, 2.75) is 31.5 Å². The van der Waals surface area contributed by atoms with Crippen molar-refractivity contribution in [2.75, 3.05) is 5.73 Å². The Morgan fingerprint density at radius 3 is 2.78 bits per heavy atom. The molecule has 6 nitrogen and oxygen atoms in total. The van der Waals surface area contributed by atoms with Crippen molar-refractivity contribution in [2.24, 2.45) is 0 Å². The van der Waals surface area contributed by atoms with E-state index in [9.17, 15) is 9.18 Å². The number of anilines is 1. The number of rotatable bonds is 4. The quantitative estimate of drug-likeness (QED) is 0.773. The number of hydrogen-bond donors (Lipinski definition) is 2. The van der Waals surface area contributed by atoms with Gasteiger partial charge in [0.1, 0.15) is 0 Å². The molecule has 4 rings (SSSR count). The second-order valence-electron chi connectivity index (χ2n) is 5.93. The molecule has 3 N–H and O–H groups in total. The second-order valence-corrected chi connectivity index (χ2v) is 5.93. The van der Waals surface area contributed by atoms with E-state index in [1.54, 1.807) is 0 Å². The van der Waals surface area contributed by atoms with Crippen molar-refractivity contribution in [3.63, 3.8) is 0 Å². The summed E-state index contributed by atoms with van der Waals surface area (Å²) in [6.07, 6.45) is 2.60. The Hall–Kier alpha value is -2.70. The van der Waals surface area contributed by atoms with Crippen LogP contribution >= 0.6 is 0 Å². The molecule has 1 saturated carbocycles. The molecule has 0 amide bonds. The number of imidazole rings is 1. The Bertz CT molecular complexity index is 910. The molecule has 2 aromatic heterocycles. The Balaban J connectivity index is 1.61. The standard InChI is InChI=1S/C16H16FN5O/c17-12(7-9-1-3-10(4-2-9)11-5-6-11)22-8-19-13-14(22)20-16(18)21-15(13)23/h1-4,8,11-12H,5-7H2,(H3,18,20,21,23). The SMILES string of the molecule is Nc1nc2c(ncn2C(F)Cc2ccc(C3CC3)cc2)c(=O)[nH]1. The maximum atomic E-state index is 14.6. The third kappa shape index (κ3) is 2.58. The van der Waals surface area contributed by atoms with E-state index in [1.807, 2.05) is 12.1 Å². The van der Waals surface area contributed by atoms with E-state index in [-0.39, 0.29) is 23.5 Å². The van der Waals surface area contributed by atoms with Crippen molar-refractivity contribution in [1.82, 2.24) is 19.5 Å². The lowest BCUT2D eigenvalue weighted by atomic mass is 10.1. The molecule has 1 fully saturated rings. The third-order valence-corrected chi connectivity index (χ3v) is 4.19. The van der Waals surface area contributed by atoms with Crippen LogP contribution in [0.1, 0.15) is 36.2 Å². The van der Waals surface area contributed by atoms with Crippen LogP contribution in [0.5, 0.6) is 0 Å². The molecule has 3 aromatic rings. The molecule has 0 bridgehead atoms. The molecule has 1 atom stereocenters. The third-order valence-electron chi connectivity index (χ3n) is 4.19. The normalized spacial score (nSPS) is 15.9. The smallest absolute Gasteiger partial charge is 0.280 e. The number of aromatic nitrogens is 4. The highest BCUT2D eigenvalue weighted by molar-refractivity contribution is 5.70. The summed E-state index contributed by atoms with van der Waals surface area (Å²) in [5.74, 6) is 0.631. The van der Waals surface area contributed by atoms with E-state index in [1.165, 1.54) is 29.3 Å². The van der Waals surface area contributed by atoms with Gasteiger partial charge in [0.05, 0.1) is 6.33 Å². The van der Waals surface area contributed by atoms with Gasteiger partial charge in [-0.1, -0.05) is 24.3 Å². The number of nitrogen functional groups attached to an aromatic ring is 1. The van der Waals surface area contributed by atoms with E-state index in [2.05, 4.69) is 27.1 Å². The number of H-pyrrole nitrogens is 1. The lowest BCUT2D eigenvalue weighted by Gasteiger charge is -2.11. The summed E-state index contributed by atoms with van der Waals surface area (Å²) < 4.78 is 15.9. The fraction of sp³-hybridized carbons (Fsp3) is 0.312. The summed E-state index contributed by atoms with van der Waals surface area (Å²) in [4.78, 5) is 22.0. The van der Waals surface area contributed by atoms with Gasteiger partial charge in [0.25, 0.3) is 5.56 Å². The van der Waals surface area contributed by atoms with E-state index < -0.39 is 11.9 Å². The minimum Gasteiger partial charge on any atom is -0.369 e. The van der Waals surface area contributed by atoms with Crippen molar-refractivity contribution in [1.29, 1.82) is 0 Å². The molecule has 7 heteroatoms. The van der Waals surface area contributed by atoms with Gasteiger partial charge in [0.2, 0.25) is 5.95 Å². The van der Waals surface area contributed by atoms with Crippen LogP contribution in [0.15, 0.2) is 35.4 Å². The van der Waals surface area contributed by atoms with Gasteiger partial charge < -0.3 is 5.73 Å². The first-order valence-electron chi connectivity index (χ1n) is 7.57. The molecule has 1 aliphatic rings. The first-order chi connectivity index (χ1) is 11.1. The van der Waals surface area contributed by atoms with Gasteiger partial charge in [-0.15, -0.1) is 0 Å². The molecule has 1 aliphatic carbocycles. The lowest BCUT2D eigenvalue weighted by Crippen LogP contribution is -2.13. The Morgan fingerprint density at radius 1 is 1.35 bits per heavy atom. The molecule has 0 radical (unpaired) electrons. The Kier molecular flexibility index (Phi) is 3.14. The van der Waals surface area contributed by atoms with E-state index in [0.29, 0.717) is 5.92 Å². The molecule has 0 aliphatic heterocycles. The number of nitrogens with one attached hydrogen (secondary N) is 1. The summed E-state index contributed by atoms with van der Waals surface area (Å²) >= 11 is 0.